The first-order chi connectivity index (χ1) is 8.55. The summed E-state index contributed by atoms with van der Waals surface area (Å²) in [5.41, 5.74) is 0. The molecule has 0 heterocycles. The van der Waals surface area contributed by atoms with Gasteiger partial charge in [-0.2, -0.15) is 0 Å². The molecular weight excluding hydrogens is 253 g/mol. The Morgan fingerprint density at radius 3 is 2.56 bits per heavy atom. The van der Waals surface area contributed by atoms with Crippen molar-refractivity contribution < 1.29 is 18.5 Å². The minimum Gasteiger partial charge on any atom is -0.320 e. The summed E-state index contributed by atoms with van der Waals surface area (Å²) in [6.45, 7) is 3.34. The molecule has 5 nitrogen and oxygen atoms in total. The van der Waals surface area contributed by atoms with Crippen LogP contribution in [0.15, 0.2) is 0 Å². The van der Waals surface area contributed by atoms with Gasteiger partial charge in [-0.3, -0.25) is 9.05 Å². The lowest BCUT2D eigenvalue weighted by atomic mass is 9.84. The van der Waals surface area contributed by atoms with Crippen LogP contribution in [0.5, 0.6) is 0 Å². The van der Waals surface area contributed by atoms with Crippen molar-refractivity contribution in [1.82, 2.24) is 5.32 Å². The number of rotatable bonds is 10. The van der Waals surface area contributed by atoms with Gasteiger partial charge >= 0.3 is 7.82 Å². The van der Waals surface area contributed by atoms with E-state index in [1.165, 1.54) is 0 Å². The molecule has 0 aromatic carbocycles. The quantitative estimate of drug-likeness (QED) is 0.475. The van der Waals surface area contributed by atoms with Crippen molar-refractivity contribution in [3.8, 4) is 0 Å². The third-order valence-electron chi connectivity index (χ3n) is 3.39. The van der Waals surface area contributed by atoms with E-state index in [0.29, 0.717) is 12.5 Å². The second-order valence-corrected chi connectivity index (χ2v) is 6.42. The van der Waals surface area contributed by atoms with Crippen molar-refractivity contribution in [1.29, 1.82) is 0 Å². The van der Waals surface area contributed by atoms with Crippen LogP contribution in [0.25, 0.3) is 0 Å². The maximum absolute atomic E-state index is 11.6. The Bertz CT molecular complexity index is 275. The lowest BCUT2D eigenvalue weighted by Crippen LogP contribution is -2.31. The maximum atomic E-state index is 11.6. The molecule has 0 amide bonds. The minimum absolute atomic E-state index is 0.100. The molecule has 2 N–H and O–H groups in total. The van der Waals surface area contributed by atoms with Crippen LogP contribution in [0.1, 0.15) is 45.4 Å². The van der Waals surface area contributed by atoms with Gasteiger partial charge in [-0.25, -0.2) is 4.57 Å². The molecule has 0 saturated heterocycles. The SMILES string of the molecule is CNCCCCCCOP(=O)(O)OC1CCC1C. The van der Waals surface area contributed by atoms with E-state index in [-0.39, 0.29) is 6.10 Å². The molecule has 108 valence electrons. The zero-order chi connectivity index (χ0) is 13.4. The van der Waals surface area contributed by atoms with Gasteiger partial charge < -0.3 is 10.2 Å². The molecule has 18 heavy (non-hydrogen) atoms. The second kappa shape index (κ2) is 8.28. The Hall–Kier alpha value is 0.0700. The summed E-state index contributed by atoms with van der Waals surface area (Å²) in [5.74, 6) is 0.371. The van der Waals surface area contributed by atoms with Gasteiger partial charge in [-0.1, -0.05) is 19.8 Å². The summed E-state index contributed by atoms with van der Waals surface area (Å²) in [5, 5.41) is 3.09. The number of unbranched alkanes of at least 4 members (excludes halogenated alkanes) is 3. The van der Waals surface area contributed by atoms with Crippen LogP contribution in [0.4, 0.5) is 0 Å². The predicted molar refractivity (Wildman–Crippen MR) is 71.4 cm³/mol. The number of phosphoric acid groups is 1. The molecule has 0 aliphatic heterocycles. The van der Waals surface area contributed by atoms with E-state index in [4.69, 9.17) is 9.05 Å². The fourth-order valence-corrected chi connectivity index (χ4v) is 3.01. The van der Waals surface area contributed by atoms with E-state index in [1.807, 2.05) is 14.0 Å². The monoisotopic (exact) mass is 279 g/mol. The van der Waals surface area contributed by atoms with E-state index >= 15 is 0 Å². The smallest absolute Gasteiger partial charge is 0.320 e. The summed E-state index contributed by atoms with van der Waals surface area (Å²) in [6, 6.07) is 0. The Balaban J connectivity index is 2.01. The first-order valence-corrected chi connectivity index (χ1v) is 8.35. The standard InChI is InChI=1S/C12H26NO4P/c1-11-7-8-12(11)17-18(14,15)16-10-6-4-3-5-9-13-2/h11-13H,3-10H2,1-2H3,(H,14,15). The van der Waals surface area contributed by atoms with Crippen molar-refractivity contribution >= 4 is 7.82 Å². The predicted octanol–water partition coefficient (Wildman–Crippen LogP) is 2.70. The van der Waals surface area contributed by atoms with Crippen LogP contribution in [-0.4, -0.2) is 31.2 Å². The average Bonchev–Trinajstić information content (AvgIpc) is 2.33. The van der Waals surface area contributed by atoms with Crippen LogP contribution in [0.2, 0.25) is 0 Å². The maximum Gasteiger partial charge on any atom is 0.472 e. The van der Waals surface area contributed by atoms with Crippen molar-refractivity contribution in [2.24, 2.45) is 5.92 Å². The Kier molecular flexibility index (Phi) is 7.42. The molecule has 0 spiro atoms. The molecule has 1 rings (SSSR count). The average molecular weight is 279 g/mol. The lowest BCUT2D eigenvalue weighted by molar-refractivity contribution is 0.0185. The highest BCUT2D eigenvalue weighted by Gasteiger charge is 2.35. The van der Waals surface area contributed by atoms with Crippen LogP contribution >= 0.6 is 7.82 Å². The van der Waals surface area contributed by atoms with E-state index in [9.17, 15) is 9.46 Å². The number of nitrogens with one attached hydrogen (secondary N) is 1. The van der Waals surface area contributed by atoms with E-state index in [1.54, 1.807) is 0 Å². The lowest BCUT2D eigenvalue weighted by Gasteiger charge is -2.34. The van der Waals surface area contributed by atoms with Gasteiger partial charge in [0.15, 0.2) is 0 Å². The van der Waals surface area contributed by atoms with Crippen LogP contribution in [0, 0.1) is 5.92 Å². The van der Waals surface area contributed by atoms with Gasteiger partial charge in [0.1, 0.15) is 0 Å². The van der Waals surface area contributed by atoms with Gasteiger partial charge in [-0.05, 0) is 45.2 Å². The highest BCUT2D eigenvalue weighted by atomic mass is 31.2. The zero-order valence-corrected chi connectivity index (χ0v) is 12.3. The second-order valence-electron chi connectivity index (χ2n) is 5.02. The molecule has 6 heteroatoms. The summed E-state index contributed by atoms with van der Waals surface area (Å²) >= 11 is 0. The molecule has 3 atom stereocenters. The third kappa shape index (κ3) is 6.30. The Labute approximate surface area is 110 Å². The van der Waals surface area contributed by atoms with Gasteiger partial charge in [-0.15, -0.1) is 0 Å². The molecule has 0 aromatic rings. The van der Waals surface area contributed by atoms with Crippen molar-refractivity contribution in [2.75, 3.05) is 20.2 Å². The fraction of sp³-hybridized carbons (Fsp3) is 1.00. The Morgan fingerprint density at radius 2 is 2.00 bits per heavy atom. The van der Waals surface area contributed by atoms with Gasteiger partial charge in [0, 0.05) is 0 Å². The molecule has 0 radical (unpaired) electrons. The first-order valence-electron chi connectivity index (χ1n) is 6.85. The van der Waals surface area contributed by atoms with Crippen LogP contribution in [0.3, 0.4) is 0 Å². The third-order valence-corrected chi connectivity index (χ3v) is 4.43. The zero-order valence-electron chi connectivity index (χ0n) is 11.4. The van der Waals surface area contributed by atoms with E-state index in [2.05, 4.69) is 5.32 Å². The minimum atomic E-state index is -3.82. The van der Waals surface area contributed by atoms with E-state index in [0.717, 1.165) is 45.1 Å². The summed E-state index contributed by atoms with van der Waals surface area (Å²) in [4.78, 5) is 9.51. The van der Waals surface area contributed by atoms with Crippen molar-refractivity contribution in [3.63, 3.8) is 0 Å². The molecule has 0 aromatic heterocycles. The summed E-state index contributed by atoms with van der Waals surface area (Å²) in [7, 11) is -1.89. The van der Waals surface area contributed by atoms with Gasteiger partial charge in [0.2, 0.25) is 0 Å². The van der Waals surface area contributed by atoms with Crippen LogP contribution in [-0.2, 0) is 13.6 Å². The fourth-order valence-electron chi connectivity index (χ4n) is 1.93. The molecule has 0 bridgehead atoms. The summed E-state index contributed by atoms with van der Waals surface area (Å²) < 4.78 is 21.7. The molecule has 3 unspecified atom stereocenters. The molecule has 1 aliphatic carbocycles. The normalized spacial score (nSPS) is 26.6. The molecule has 1 aliphatic rings. The highest BCUT2D eigenvalue weighted by Crippen LogP contribution is 2.49. The van der Waals surface area contributed by atoms with Crippen LogP contribution < -0.4 is 5.32 Å². The van der Waals surface area contributed by atoms with Gasteiger partial charge in [0.25, 0.3) is 0 Å². The van der Waals surface area contributed by atoms with E-state index < -0.39 is 7.82 Å². The number of hydrogen-bond donors (Lipinski definition) is 2. The highest BCUT2D eigenvalue weighted by molar-refractivity contribution is 7.47. The molecular formula is C12H26NO4P. The number of phosphoric ester groups is 1. The van der Waals surface area contributed by atoms with Gasteiger partial charge in [0.05, 0.1) is 12.7 Å². The first kappa shape index (κ1) is 16.1. The van der Waals surface area contributed by atoms with Crippen molar-refractivity contribution in [2.45, 2.75) is 51.6 Å². The topological polar surface area (TPSA) is 67.8 Å². The molecule has 1 fully saturated rings. The Morgan fingerprint density at radius 1 is 1.28 bits per heavy atom. The number of hydrogen-bond acceptors (Lipinski definition) is 4. The largest absolute Gasteiger partial charge is 0.472 e. The molecule has 1 saturated carbocycles. The summed E-state index contributed by atoms with van der Waals surface area (Å²) in [6.07, 6.45) is 5.88. The van der Waals surface area contributed by atoms with Crippen molar-refractivity contribution in [3.05, 3.63) is 0 Å².